The van der Waals surface area contributed by atoms with Crippen LogP contribution in [0.3, 0.4) is 0 Å². The maximum absolute atomic E-state index is 13.2. The van der Waals surface area contributed by atoms with Crippen LogP contribution < -0.4 is 11.5 Å². The van der Waals surface area contributed by atoms with Gasteiger partial charge in [0.25, 0.3) is 5.91 Å². The third kappa shape index (κ3) is 6.28. The lowest BCUT2D eigenvalue weighted by atomic mass is 10.0. The molecule has 37 heavy (non-hydrogen) atoms. The first-order chi connectivity index (χ1) is 17.5. The number of nitrogen functional groups attached to an aromatic ring is 1. The molecule has 2 aromatic heterocycles. The van der Waals surface area contributed by atoms with Gasteiger partial charge < -0.3 is 21.1 Å². The zero-order chi connectivity index (χ0) is 26.7. The summed E-state index contributed by atoms with van der Waals surface area (Å²) in [7, 11) is 0. The number of halogens is 1. The molecular weight excluding hydrogens is 477 g/mol. The van der Waals surface area contributed by atoms with Crippen molar-refractivity contribution in [2.75, 3.05) is 18.8 Å². The molecule has 198 valence electrons. The molecule has 1 fully saturated rings. The number of anilines is 1. The van der Waals surface area contributed by atoms with Gasteiger partial charge in [-0.05, 0) is 64.2 Å². The minimum Gasteiger partial charge on any atom is -0.444 e. The van der Waals surface area contributed by atoms with Gasteiger partial charge in [0.2, 0.25) is 0 Å². The summed E-state index contributed by atoms with van der Waals surface area (Å²) >= 11 is 0. The average molecular weight is 512 g/mol. The van der Waals surface area contributed by atoms with E-state index in [1.54, 1.807) is 38.8 Å². The Morgan fingerprint density at radius 1 is 1.14 bits per heavy atom. The molecule has 10 nitrogen and oxygen atoms in total. The van der Waals surface area contributed by atoms with Crippen molar-refractivity contribution in [3.63, 3.8) is 0 Å². The molecule has 0 spiro atoms. The number of amides is 2. The van der Waals surface area contributed by atoms with E-state index in [-0.39, 0.29) is 29.3 Å². The molecule has 1 aromatic carbocycles. The molecule has 1 aliphatic rings. The molecule has 11 heteroatoms. The molecule has 3 aromatic rings. The summed E-state index contributed by atoms with van der Waals surface area (Å²) in [5, 5.41) is 9.09. The van der Waals surface area contributed by atoms with Gasteiger partial charge in [0.1, 0.15) is 28.5 Å². The topological polar surface area (TPSA) is 134 Å². The van der Waals surface area contributed by atoms with Crippen molar-refractivity contribution < 1.29 is 18.7 Å². The normalized spacial score (nSPS) is 15.3. The first-order valence-electron chi connectivity index (χ1n) is 12.4. The van der Waals surface area contributed by atoms with Crippen molar-refractivity contribution in [2.45, 2.75) is 64.6 Å². The summed E-state index contributed by atoms with van der Waals surface area (Å²) in [5.74, 6) is -0.737. The second-order valence-corrected chi connectivity index (χ2v) is 10.4. The van der Waals surface area contributed by atoms with Crippen molar-refractivity contribution >= 4 is 17.8 Å². The molecule has 1 aliphatic heterocycles. The first-order valence-corrected chi connectivity index (χ1v) is 12.4. The number of hydrogen-bond acceptors (Lipinski definition) is 6. The Labute approximate surface area is 215 Å². The van der Waals surface area contributed by atoms with Gasteiger partial charge in [-0.3, -0.25) is 9.48 Å². The van der Waals surface area contributed by atoms with E-state index in [2.05, 4.69) is 5.10 Å². The first kappa shape index (κ1) is 26.2. The fraction of sp³-hybridized carbons (Fsp3) is 0.462. The predicted octanol–water partition coefficient (Wildman–Crippen LogP) is 3.97. The molecule has 0 saturated carbocycles. The lowest BCUT2D eigenvalue weighted by Gasteiger charge is -2.30. The van der Waals surface area contributed by atoms with Gasteiger partial charge in [0.15, 0.2) is 0 Å². The van der Waals surface area contributed by atoms with Crippen molar-refractivity contribution in [1.29, 1.82) is 0 Å². The van der Waals surface area contributed by atoms with Crippen LogP contribution in [0.15, 0.2) is 36.7 Å². The Balaban J connectivity index is 1.51. The molecule has 0 aliphatic carbocycles. The number of aromatic nitrogens is 4. The average Bonchev–Trinajstić information content (AvgIpc) is 3.38. The Morgan fingerprint density at radius 3 is 2.38 bits per heavy atom. The Bertz CT molecular complexity index is 1250. The van der Waals surface area contributed by atoms with E-state index in [1.807, 2.05) is 20.8 Å². The maximum atomic E-state index is 13.2. The highest BCUT2D eigenvalue weighted by molar-refractivity contribution is 6.03. The maximum Gasteiger partial charge on any atom is 0.410 e. The van der Waals surface area contributed by atoms with E-state index >= 15 is 0 Å². The van der Waals surface area contributed by atoms with Gasteiger partial charge >= 0.3 is 6.09 Å². The Hall–Kier alpha value is -3.89. The molecule has 4 rings (SSSR count). The molecule has 0 unspecified atom stereocenters. The number of nitrogens with two attached hydrogens (primary N) is 2. The molecule has 0 radical (unpaired) electrons. The van der Waals surface area contributed by atoms with Gasteiger partial charge in [0.05, 0.1) is 18.8 Å². The van der Waals surface area contributed by atoms with Crippen LogP contribution in [0, 0.1) is 5.82 Å². The summed E-state index contributed by atoms with van der Waals surface area (Å²) in [6, 6.07) is 6.14. The fourth-order valence-corrected chi connectivity index (χ4v) is 4.57. The highest BCUT2D eigenvalue weighted by Crippen LogP contribution is 2.33. The highest BCUT2D eigenvalue weighted by atomic mass is 19.1. The lowest BCUT2D eigenvalue weighted by molar-refractivity contribution is 0.0228. The number of nitrogens with zero attached hydrogens (tertiary/aromatic N) is 5. The number of primary amides is 1. The van der Waals surface area contributed by atoms with Crippen LogP contribution >= 0.6 is 0 Å². The largest absolute Gasteiger partial charge is 0.444 e. The molecule has 1 saturated heterocycles. The molecular formula is C26H34FN7O3. The van der Waals surface area contributed by atoms with E-state index in [0.29, 0.717) is 30.9 Å². The molecule has 0 bridgehead atoms. The fourth-order valence-electron chi connectivity index (χ4n) is 4.57. The second-order valence-electron chi connectivity index (χ2n) is 10.4. The van der Waals surface area contributed by atoms with Gasteiger partial charge in [0, 0.05) is 24.8 Å². The van der Waals surface area contributed by atoms with Crippen LogP contribution in [0.25, 0.3) is 11.3 Å². The van der Waals surface area contributed by atoms with E-state index in [4.69, 9.17) is 21.3 Å². The minimum atomic E-state index is -0.660. The molecule has 4 N–H and O–H groups in total. The third-order valence-corrected chi connectivity index (χ3v) is 6.29. The lowest BCUT2D eigenvalue weighted by Crippen LogP contribution is -2.39. The van der Waals surface area contributed by atoms with Gasteiger partial charge in [-0.1, -0.05) is 12.1 Å². The molecule has 2 amide bonds. The molecule has 0 atom stereocenters. The van der Waals surface area contributed by atoms with E-state index in [0.717, 1.165) is 31.2 Å². The number of benzene rings is 1. The van der Waals surface area contributed by atoms with E-state index in [9.17, 15) is 14.0 Å². The van der Waals surface area contributed by atoms with Gasteiger partial charge in [-0.25, -0.2) is 13.9 Å². The van der Waals surface area contributed by atoms with Gasteiger partial charge in [-0.2, -0.15) is 10.2 Å². The predicted molar refractivity (Wildman–Crippen MR) is 137 cm³/mol. The minimum absolute atomic E-state index is 0.0399. The van der Waals surface area contributed by atoms with Crippen LogP contribution in [0.2, 0.25) is 0 Å². The van der Waals surface area contributed by atoms with E-state index < -0.39 is 11.5 Å². The summed E-state index contributed by atoms with van der Waals surface area (Å²) < 4.78 is 22.1. The van der Waals surface area contributed by atoms with Crippen LogP contribution in [0.4, 0.5) is 15.0 Å². The zero-order valence-electron chi connectivity index (χ0n) is 21.5. The summed E-state index contributed by atoms with van der Waals surface area (Å²) in [6.45, 7) is 7.12. The van der Waals surface area contributed by atoms with Crippen LogP contribution in [-0.2, 0) is 11.3 Å². The van der Waals surface area contributed by atoms with Crippen LogP contribution in [0.5, 0.6) is 0 Å². The number of carbonyl (C=O) groups excluding carboxylic acids is 2. The number of rotatable bonds is 5. The monoisotopic (exact) mass is 511 g/mol. The van der Waals surface area contributed by atoms with Gasteiger partial charge in [-0.15, -0.1) is 0 Å². The quantitative estimate of drug-likeness (QED) is 0.532. The smallest absolute Gasteiger partial charge is 0.410 e. The highest BCUT2D eigenvalue weighted by Gasteiger charge is 2.28. The number of carbonyl (C=O) groups is 2. The van der Waals surface area contributed by atoms with E-state index in [1.165, 1.54) is 12.1 Å². The number of hydrogen-bond donors (Lipinski definition) is 2. The second kappa shape index (κ2) is 10.6. The Morgan fingerprint density at radius 2 is 1.78 bits per heavy atom. The van der Waals surface area contributed by atoms with Crippen molar-refractivity contribution in [2.24, 2.45) is 5.73 Å². The number of ether oxygens (including phenoxy) is 1. The summed E-state index contributed by atoms with van der Waals surface area (Å²) in [6.07, 6.45) is 6.00. The number of likely N-dealkylation sites (tertiary alicyclic amines) is 1. The van der Waals surface area contributed by atoms with Crippen molar-refractivity contribution in [3.8, 4) is 11.3 Å². The van der Waals surface area contributed by atoms with Crippen LogP contribution in [-0.4, -0.2) is 55.2 Å². The van der Waals surface area contributed by atoms with Crippen LogP contribution in [0.1, 0.15) is 68.4 Å². The summed E-state index contributed by atoms with van der Waals surface area (Å²) in [4.78, 5) is 26.6. The Kier molecular flexibility index (Phi) is 7.51. The summed E-state index contributed by atoms with van der Waals surface area (Å²) in [5.41, 5.74) is 13.6. The van der Waals surface area contributed by atoms with Crippen molar-refractivity contribution in [1.82, 2.24) is 24.5 Å². The third-order valence-electron chi connectivity index (χ3n) is 6.29. The SMILES string of the molecule is CC(C)(C)OC(=O)N1CCCC(n2nc(-c3cnn(Cc4ccc(F)cc4)c3)c(C(N)=O)c2N)CCC1. The molecule has 3 heterocycles. The van der Waals surface area contributed by atoms with Crippen molar-refractivity contribution in [3.05, 3.63) is 53.6 Å². The zero-order valence-corrected chi connectivity index (χ0v) is 21.5. The standard InChI is InChI=1S/C26H34FN7O3/c1-26(2,3)37-25(36)32-12-4-6-20(7-5-13-32)34-23(28)21(24(29)35)22(31-34)18-14-30-33(16-18)15-17-8-10-19(27)11-9-17/h8-11,14,16,20H,4-7,12-13,15,28H2,1-3H3,(H2,29,35).